The van der Waals surface area contributed by atoms with Gasteiger partial charge in [-0.25, -0.2) is 13.6 Å². The predicted octanol–water partition coefficient (Wildman–Crippen LogP) is 3.68. The maximum atomic E-state index is 13.2. The van der Waals surface area contributed by atoms with Crippen molar-refractivity contribution in [2.75, 3.05) is 6.61 Å². The third-order valence-corrected chi connectivity index (χ3v) is 5.43. The van der Waals surface area contributed by atoms with Gasteiger partial charge in [-0.05, 0) is 48.5 Å². The van der Waals surface area contributed by atoms with E-state index in [1.54, 1.807) is 0 Å². The standard InChI is InChI=1S/C21H13F2NO8S/c22-18-9-6-14(10-19(18)23)20(25)12-31-21(26)13-4-7-16(8-5-13)32-33(29,30)17-3-1-2-15(11-17)24(27)28/h1-11H,12H2. The summed E-state index contributed by atoms with van der Waals surface area (Å²) < 4.78 is 60.5. The van der Waals surface area contributed by atoms with Gasteiger partial charge in [0, 0.05) is 17.7 Å². The number of nitrogens with zero attached hydrogens (tertiary/aromatic N) is 1. The van der Waals surface area contributed by atoms with Crippen LogP contribution >= 0.6 is 0 Å². The minimum Gasteiger partial charge on any atom is -0.454 e. The summed E-state index contributed by atoms with van der Waals surface area (Å²) in [4.78, 5) is 33.7. The number of nitro benzene ring substituents is 1. The lowest BCUT2D eigenvalue weighted by molar-refractivity contribution is -0.385. The highest BCUT2D eigenvalue weighted by Crippen LogP contribution is 2.22. The van der Waals surface area contributed by atoms with Gasteiger partial charge < -0.3 is 8.92 Å². The Balaban J connectivity index is 1.64. The van der Waals surface area contributed by atoms with Crippen molar-refractivity contribution in [1.29, 1.82) is 0 Å². The molecule has 9 nitrogen and oxygen atoms in total. The van der Waals surface area contributed by atoms with Crippen molar-refractivity contribution in [2.24, 2.45) is 0 Å². The molecule has 0 amide bonds. The summed E-state index contributed by atoms with van der Waals surface area (Å²) in [5.41, 5.74) is -0.666. The summed E-state index contributed by atoms with van der Waals surface area (Å²) in [5, 5.41) is 10.8. The number of ketones is 1. The van der Waals surface area contributed by atoms with Crippen molar-refractivity contribution in [2.45, 2.75) is 4.90 Å². The Bertz CT molecular complexity index is 1340. The predicted molar refractivity (Wildman–Crippen MR) is 108 cm³/mol. The summed E-state index contributed by atoms with van der Waals surface area (Å²) in [6.07, 6.45) is 0. The van der Waals surface area contributed by atoms with Gasteiger partial charge in [-0.1, -0.05) is 6.07 Å². The van der Waals surface area contributed by atoms with Gasteiger partial charge in [-0.2, -0.15) is 8.42 Å². The zero-order valence-corrected chi connectivity index (χ0v) is 17.3. The Morgan fingerprint density at radius 2 is 1.58 bits per heavy atom. The molecule has 0 bridgehead atoms. The quantitative estimate of drug-likeness (QED) is 0.158. The van der Waals surface area contributed by atoms with Crippen LogP contribution in [0.15, 0.2) is 71.6 Å². The molecule has 3 aromatic rings. The summed E-state index contributed by atoms with van der Waals surface area (Å²) in [6.45, 7) is -0.733. The van der Waals surface area contributed by atoms with Crippen molar-refractivity contribution >= 4 is 27.6 Å². The molecule has 0 N–H and O–H groups in total. The minimum atomic E-state index is -4.38. The van der Waals surface area contributed by atoms with Gasteiger partial charge in [-0.3, -0.25) is 14.9 Å². The second-order valence-corrected chi connectivity index (χ2v) is 7.99. The van der Waals surface area contributed by atoms with E-state index in [9.17, 15) is 36.9 Å². The smallest absolute Gasteiger partial charge is 0.339 e. The lowest BCUT2D eigenvalue weighted by Gasteiger charge is -2.08. The van der Waals surface area contributed by atoms with E-state index in [0.717, 1.165) is 42.5 Å². The fraction of sp³-hybridized carbons (Fsp3) is 0.0476. The molecule has 0 aromatic heterocycles. The third-order valence-electron chi connectivity index (χ3n) is 4.19. The average molecular weight is 477 g/mol. The maximum Gasteiger partial charge on any atom is 0.339 e. The summed E-state index contributed by atoms with van der Waals surface area (Å²) >= 11 is 0. The highest BCUT2D eigenvalue weighted by molar-refractivity contribution is 7.87. The molecule has 0 saturated carbocycles. The Hall–Kier alpha value is -4.19. The number of nitro groups is 1. The number of rotatable bonds is 8. The minimum absolute atomic E-state index is 0.0480. The van der Waals surface area contributed by atoms with E-state index in [4.69, 9.17) is 8.92 Å². The molecule has 3 aromatic carbocycles. The molecular weight excluding hydrogens is 464 g/mol. The molecule has 0 aliphatic heterocycles. The Kier molecular flexibility index (Phi) is 6.78. The molecule has 0 unspecified atom stereocenters. The van der Waals surface area contributed by atoms with Gasteiger partial charge in [0.25, 0.3) is 5.69 Å². The van der Waals surface area contributed by atoms with Crippen LogP contribution in [0.5, 0.6) is 5.75 Å². The van der Waals surface area contributed by atoms with Crippen LogP contribution in [0.2, 0.25) is 0 Å². The molecule has 33 heavy (non-hydrogen) atoms. The lowest BCUT2D eigenvalue weighted by Crippen LogP contribution is -2.15. The fourth-order valence-corrected chi connectivity index (χ4v) is 3.51. The number of Topliss-reactive ketones (excluding diaryl/α,β-unsaturated/α-hetero) is 1. The Morgan fingerprint density at radius 1 is 0.909 bits per heavy atom. The SMILES string of the molecule is O=C(COC(=O)c1ccc(OS(=O)(=O)c2cccc([N+](=O)[O-])c2)cc1)c1ccc(F)c(F)c1. The van der Waals surface area contributed by atoms with Crippen LogP contribution in [0.25, 0.3) is 0 Å². The van der Waals surface area contributed by atoms with E-state index >= 15 is 0 Å². The van der Waals surface area contributed by atoms with Crippen LogP contribution in [0.3, 0.4) is 0 Å². The first-order chi connectivity index (χ1) is 15.6. The monoisotopic (exact) mass is 477 g/mol. The van der Waals surface area contributed by atoms with Gasteiger partial charge >= 0.3 is 16.1 Å². The summed E-state index contributed by atoms with van der Waals surface area (Å²) in [5.74, 6) is -4.22. The summed E-state index contributed by atoms with van der Waals surface area (Å²) in [7, 11) is -4.38. The first kappa shape index (κ1) is 23.5. The average Bonchev–Trinajstić information content (AvgIpc) is 2.79. The number of hydrogen-bond acceptors (Lipinski definition) is 8. The van der Waals surface area contributed by atoms with E-state index in [0.29, 0.717) is 6.07 Å². The number of hydrogen-bond donors (Lipinski definition) is 0. The van der Waals surface area contributed by atoms with Crippen molar-refractivity contribution in [1.82, 2.24) is 0 Å². The Morgan fingerprint density at radius 3 is 2.21 bits per heavy atom. The van der Waals surface area contributed by atoms with Crippen LogP contribution in [-0.2, 0) is 14.9 Å². The molecule has 3 rings (SSSR count). The zero-order valence-electron chi connectivity index (χ0n) is 16.4. The van der Waals surface area contributed by atoms with Gasteiger partial charge in [0.05, 0.1) is 10.5 Å². The highest BCUT2D eigenvalue weighted by Gasteiger charge is 2.20. The van der Waals surface area contributed by atoms with Crippen LogP contribution in [0.1, 0.15) is 20.7 Å². The molecular formula is C21H13F2NO8S. The van der Waals surface area contributed by atoms with Crippen LogP contribution in [0, 0.1) is 21.7 Å². The van der Waals surface area contributed by atoms with E-state index in [1.807, 2.05) is 0 Å². The number of carbonyl (C=O) groups excluding carboxylic acids is 2. The van der Waals surface area contributed by atoms with Gasteiger partial charge in [0.1, 0.15) is 10.6 Å². The normalized spacial score (nSPS) is 11.0. The highest BCUT2D eigenvalue weighted by atomic mass is 32.2. The number of ether oxygens (including phenoxy) is 1. The molecule has 0 aliphatic rings. The largest absolute Gasteiger partial charge is 0.454 e. The molecule has 0 radical (unpaired) electrons. The van der Waals surface area contributed by atoms with Crippen LogP contribution in [-0.4, -0.2) is 31.7 Å². The van der Waals surface area contributed by atoms with E-state index < -0.39 is 55.6 Å². The van der Waals surface area contributed by atoms with Crippen LogP contribution < -0.4 is 4.18 Å². The van der Waals surface area contributed by atoms with Crippen molar-refractivity contribution < 1.29 is 40.6 Å². The van der Waals surface area contributed by atoms with E-state index in [-0.39, 0.29) is 16.9 Å². The topological polar surface area (TPSA) is 130 Å². The van der Waals surface area contributed by atoms with Crippen LogP contribution in [0.4, 0.5) is 14.5 Å². The molecule has 0 aliphatic carbocycles. The van der Waals surface area contributed by atoms with E-state index in [2.05, 4.69) is 0 Å². The zero-order chi connectivity index (χ0) is 24.2. The molecule has 0 atom stereocenters. The number of carbonyl (C=O) groups is 2. The molecule has 12 heteroatoms. The fourth-order valence-electron chi connectivity index (χ4n) is 2.54. The molecule has 170 valence electrons. The lowest BCUT2D eigenvalue weighted by atomic mass is 10.1. The second-order valence-electron chi connectivity index (χ2n) is 6.44. The number of benzene rings is 3. The van der Waals surface area contributed by atoms with Crippen molar-refractivity contribution in [3.63, 3.8) is 0 Å². The van der Waals surface area contributed by atoms with Gasteiger partial charge in [0.2, 0.25) is 0 Å². The second kappa shape index (κ2) is 9.53. The van der Waals surface area contributed by atoms with Crippen molar-refractivity contribution in [3.05, 3.63) is 99.6 Å². The number of non-ortho nitro benzene ring substituents is 1. The molecule has 0 saturated heterocycles. The Labute approximate surface area is 185 Å². The maximum absolute atomic E-state index is 13.2. The first-order valence-electron chi connectivity index (χ1n) is 9.01. The first-order valence-corrected chi connectivity index (χ1v) is 10.4. The molecule has 0 spiro atoms. The van der Waals surface area contributed by atoms with Gasteiger partial charge in [0.15, 0.2) is 24.0 Å². The third kappa shape index (κ3) is 5.74. The molecule has 0 heterocycles. The number of halogens is 2. The summed E-state index contributed by atoms with van der Waals surface area (Å²) in [6, 6.07) is 11.4. The number of esters is 1. The van der Waals surface area contributed by atoms with Gasteiger partial charge in [-0.15, -0.1) is 0 Å². The van der Waals surface area contributed by atoms with Crippen molar-refractivity contribution in [3.8, 4) is 5.75 Å². The van der Waals surface area contributed by atoms with E-state index in [1.165, 1.54) is 18.2 Å². The molecule has 0 fully saturated rings.